The maximum atomic E-state index is 9.73. The van der Waals surface area contributed by atoms with Gasteiger partial charge >= 0.3 is 0 Å². The molecule has 0 aliphatic heterocycles. The quantitative estimate of drug-likeness (QED) is 0.631. The summed E-state index contributed by atoms with van der Waals surface area (Å²) in [7, 11) is 2.53. The highest BCUT2D eigenvalue weighted by molar-refractivity contribution is 7.18. The highest BCUT2D eigenvalue weighted by Gasteiger charge is 2.25. The van der Waals surface area contributed by atoms with Crippen molar-refractivity contribution in [1.82, 2.24) is 0 Å². The third kappa shape index (κ3) is 3.53. The largest absolute Gasteiger partial charge is 0.386 e. The van der Waals surface area contributed by atoms with Crippen molar-refractivity contribution in [2.75, 3.05) is 0 Å². The molecule has 0 aromatic heterocycles. The molecule has 0 saturated heterocycles. The molecule has 0 aromatic rings. The van der Waals surface area contributed by atoms with Gasteiger partial charge < -0.3 is 5.11 Å². The first-order chi connectivity index (χ1) is 4.36. The van der Waals surface area contributed by atoms with E-state index in [-0.39, 0.29) is 0 Å². The van der Waals surface area contributed by atoms with Crippen molar-refractivity contribution in [3.05, 3.63) is 0 Å². The van der Waals surface area contributed by atoms with Crippen LogP contribution < -0.4 is 0 Å². The Hall–Kier alpha value is 0.390. The molecule has 0 bridgehead atoms. The summed E-state index contributed by atoms with van der Waals surface area (Å²) < 4.78 is 0. The van der Waals surface area contributed by atoms with Gasteiger partial charge in [0.1, 0.15) is 0 Å². The summed E-state index contributed by atoms with van der Waals surface area (Å²) in [5.41, 5.74) is 0. The van der Waals surface area contributed by atoms with Crippen molar-refractivity contribution in [1.29, 1.82) is 0 Å². The minimum Gasteiger partial charge on any atom is -0.386 e. The molecule has 2 unspecified atom stereocenters. The molecule has 0 rings (SSSR count). The van der Waals surface area contributed by atoms with E-state index in [0.717, 1.165) is 6.42 Å². The van der Waals surface area contributed by atoms with Crippen LogP contribution in [0.15, 0.2) is 0 Å². The van der Waals surface area contributed by atoms with Gasteiger partial charge in [0.2, 0.25) is 0 Å². The van der Waals surface area contributed by atoms with Gasteiger partial charge in [-0.3, -0.25) is 0 Å². The van der Waals surface area contributed by atoms with Gasteiger partial charge in [0.05, 0.1) is 5.34 Å². The second kappa shape index (κ2) is 3.69. The van der Waals surface area contributed by atoms with Crippen LogP contribution >= 0.6 is 9.24 Å². The first-order valence-electron chi connectivity index (χ1n) is 3.87. The van der Waals surface area contributed by atoms with Gasteiger partial charge in [0, 0.05) is 0 Å². The Morgan fingerprint density at radius 3 is 1.80 bits per heavy atom. The molecule has 1 nitrogen and oxygen atoms in total. The first-order valence-corrected chi connectivity index (χ1v) is 4.45. The number of hydrogen-bond acceptors (Lipinski definition) is 1. The van der Waals surface area contributed by atoms with Gasteiger partial charge in [-0.1, -0.05) is 27.7 Å². The number of aliphatic hydroxyl groups is 1. The van der Waals surface area contributed by atoms with E-state index >= 15 is 0 Å². The van der Waals surface area contributed by atoms with E-state index in [9.17, 15) is 5.11 Å². The second-order valence-electron chi connectivity index (χ2n) is 3.74. The number of hydrogen-bond donors (Lipinski definition) is 1. The number of rotatable bonds is 3. The lowest BCUT2D eigenvalue weighted by Gasteiger charge is -2.29. The zero-order chi connectivity index (χ0) is 8.36. The van der Waals surface area contributed by atoms with Crippen molar-refractivity contribution in [2.24, 2.45) is 11.8 Å². The maximum Gasteiger partial charge on any atom is 0.0803 e. The second-order valence-corrected chi connectivity index (χ2v) is 4.74. The topological polar surface area (TPSA) is 20.2 Å². The molecule has 0 fully saturated rings. The van der Waals surface area contributed by atoms with E-state index in [1.807, 2.05) is 13.8 Å². The van der Waals surface area contributed by atoms with Crippen molar-refractivity contribution < 1.29 is 5.11 Å². The van der Waals surface area contributed by atoms with Gasteiger partial charge in [0.15, 0.2) is 0 Å². The van der Waals surface area contributed by atoms with Crippen molar-refractivity contribution >= 4 is 9.24 Å². The van der Waals surface area contributed by atoms with E-state index in [1.165, 1.54) is 0 Å². The summed E-state index contributed by atoms with van der Waals surface area (Å²) >= 11 is 0. The van der Waals surface area contributed by atoms with E-state index in [4.69, 9.17) is 0 Å². The van der Waals surface area contributed by atoms with Crippen LogP contribution in [0.5, 0.6) is 0 Å². The molecule has 2 heteroatoms. The highest BCUT2D eigenvalue weighted by Crippen LogP contribution is 2.31. The lowest BCUT2D eigenvalue weighted by atomic mass is 9.97. The molecule has 1 N–H and O–H groups in total. The van der Waals surface area contributed by atoms with Crippen molar-refractivity contribution in [3.63, 3.8) is 0 Å². The summed E-state index contributed by atoms with van der Waals surface area (Å²) in [4.78, 5) is 0. The van der Waals surface area contributed by atoms with Crippen LogP contribution in [0.4, 0.5) is 0 Å². The van der Waals surface area contributed by atoms with Gasteiger partial charge in [-0.05, 0) is 18.3 Å². The van der Waals surface area contributed by atoms with Crippen LogP contribution in [0.25, 0.3) is 0 Å². The minimum absolute atomic E-state index is 0.319. The molecule has 0 aliphatic rings. The smallest absolute Gasteiger partial charge is 0.0803 e. The standard InChI is InChI=1S/C8H19OP/c1-6(2)5-8(9,10)7(3)4/h6-7,9H,5,10H2,1-4H3. The summed E-state index contributed by atoms with van der Waals surface area (Å²) in [5.74, 6) is 0.879. The molecule has 0 radical (unpaired) electrons. The van der Waals surface area contributed by atoms with Crippen LogP contribution in [0.3, 0.4) is 0 Å². The monoisotopic (exact) mass is 162 g/mol. The summed E-state index contributed by atoms with van der Waals surface area (Å²) in [6.45, 7) is 8.32. The molecule has 2 atom stereocenters. The van der Waals surface area contributed by atoms with E-state index in [1.54, 1.807) is 0 Å². The molecular weight excluding hydrogens is 143 g/mol. The highest BCUT2D eigenvalue weighted by atomic mass is 31.0. The Morgan fingerprint density at radius 1 is 1.30 bits per heavy atom. The Morgan fingerprint density at radius 2 is 1.70 bits per heavy atom. The zero-order valence-electron chi connectivity index (χ0n) is 7.39. The van der Waals surface area contributed by atoms with Crippen LogP contribution in [-0.2, 0) is 0 Å². The third-order valence-corrected chi connectivity index (χ3v) is 2.64. The van der Waals surface area contributed by atoms with Gasteiger partial charge in [-0.25, -0.2) is 0 Å². The van der Waals surface area contributed by atoms with Gasteiger partial charge in [-0.2, -0.15) is 0 Å². The lowest BCUT2D eigenvalue weighted by molar-refractivity contribution is 0.0655. The Balaban J connectivity index is 3.87. The Labute approximate surface area is 66.4 Å². The van der Waals surface area contributed by atoms with Crippen molar-refractivity contribution in [2.45, 2.75) is 39.5 Å². The first kappa shape index (κ1) is 10.4. The normalized spacial score (nSPS) is 18.0. The Kier molecular flexibility index (Phi) is 3.83. The van der Waals surface area contributed by atoms with Crippen LogP contribution in [0.2, 0.25) is 0 Å². The van der Waals surface area contributed by atoms with Gasteiger partial charge in [0.25, 0.3) is 0 Å². The molecule has 0 amide bonds. The maximum absolute atomic E-state index is 9.73. The molecule has 0 heterocycles. The fourth-order valence-corrected chi connectivity index (χ4v) is 1.36. The van der Waals surface area contributed by atoms with E-state index in [2.05, 4.69) is 23.1 Å². The zero-order valence-corrected chi connectivity index (χ0v) is 8.54. The third-order valence-electron chi connectivity index (χ3n) is 1.74. The fraction of sp³-hybridized carbons (Fsp3) is 1.00. The van der Waals surface area contributed by atoms with Crippen molar-refractivity contribution in [3.8, 4) is 0 Å². The average Bonchev–Trinajstić information content (AvgIpc) is 1.60. The predicted octanol–water partition coefficient (Wildman–Crippen LogP) is 2.25. The SMILES string of the molecule is CC(C)CC(O)(P)C(C)C. The molecular formula is C8H19OP. The Bertz CT molecular complexity index is 97.4. The summed E-state index contributed by atoms with van der Waals surface area (Å²) in [5, 5.41) is 9.16. The average molecular weight is 162 g/mol. The summed E-state index contributed by atoms with van der Waals surface area (Å²) in [6.07, 6.45) is 0.856. The molecule has 10 heavy (non-hydrogen) atoms. The molecule has 0 aromatic carbocycles. The molecule has 0 aliphatic carbocycles. The molecule has 62 valence electrons. The van der Waals surface area contributed by atoms with Gasteiger partial charge in [-0.15, -0.1) is 9.24 Å². The molecule has 0 saturated carbocycles. The van der Waals surface area contributed by atoms with Crippen LogP contribution in [0, 0.1) is 11.8 Å². The van der Waals surface area contributed by atoms with E-state index < -0.39 is 5.34 Å². The molecule has 0 spiro atoms. The fourth-order valence-electron chi connectivity index (χ4n) is 0.890. The van der Waals surface area contributed by atoms with E-state index in [0.29, 0.717) is 11.8 Å². The minimum atomic E-state index is -0.561. The summed E-state index contributed by atoms with van der Waals surface area (Å²) in [6, 6.07) is 0. The lowest BCUT2D eigenvalue weighted by Crippen LogP contribution is -2.28. The van der Waals surface area contributed by atoms with Crippen LogP contribution in [0.1, 0.15) is 34.1 Å². The van der Waals surface area contributed by atoms with Crippen LogP contribution in [-0.4, -0.2) is 10.4 Å². The predicted molar refractivity (Wildman–Crippen MR) is 49.0 cm³/mol.